The summed E-state index contributed by atoms with van der Waals surface area (Å²) >= 11 is 0. The van der Waals surface area contributed by atoms with Crippen LogP contribution in [0.2, 0.25) is 0 Å². The SMILES string of the molecule is CCC1(C(=O)NCCOCC(N)=O)CCNC1. The van der Waals surface area contributed by atoms with Crippen LogP contribution in [-0.4, -0.2) is 44.7 Å². The van der Waals surface area contributed by atoms with Crippen molar-refractivity contribution >= 4 is 11.8 Å². The van der Waals surface area contributed by atoms with Crippen LogP contribution >= 0.6 is 0 Å². The van der Waals surface area contributed by atoms with Gasteiger partial charge in [-0.15, -0.1) is 0 Å². The molecule has 6 nitrogen and oxygen atoms in total. The molecule has 2 amide bonds. The highest BCUT2D eigenvalue weighted by atomic mass is 16.5. The standard InChI is InChI=1S/C11H21N3O3/c1-2-11(3-4-13-8-11)10(16)14-5-6-17-7-9(12)15/h13H,2-8H2,1H3,(H2,12,15)(H,14,16). The van der Waals surface area contributed by atoms with Gasteiger partial charge in [-0.2, -0.15) is 0 Å². The third-order valence-electron chi connectivity index (χ3n) is 3.18. The van der Waals surface area contributed by atoms with Gasteiger partial charge in [-0.3, -0.25) is 9.59 Å². The molecule has 98 valence electrons. The van der Waals surface area contributed by atoms with Crippen molar-refractivity contribution in [1.29, 1.82) is 0 Å². The van der Waals surface area contributed by atoms with Gasteiger partial charge in [0.1, 0.15) is 6.61 Å². The van der Waals surface area contributed by atoms with Gasteiger partial charge in [0, 0.05) is 13.1 Å². The van der Waals surface area contributed by atoms with E-state index in [0.29, 0.717) is 13.2 Å². The summed E-state index contributed by atoms with van der Waals surface area (Å²) in [4.78, 5) is 22.4. The van der Waals surface area contributed by atoms with Crippen molar-refractivity contribution in [1.82, 2.24) is 10.6 Å². The zero-order valence-corrected chi connectivity index (χ0v) is 10.3. The average molecular weight is 243 g/mol. The first-order valence-electron chi connectivity index (χ1n) is 5.96. The summed E-state index contributed by atoms with van der Waals surface area (Å²) in [6, 6.07) is 0. The Bertz CT molecular complexity index is 275. The van der Waals surface area contributed by atoms with Crippen molar-refractivity contribution in [2.45, 2.75) is 19.8 Å². The second-order valence-electron chi connectivity index (χ2n) is 4.34. The van der Waals surface area contributed by atoms with Crippen molar-refractivity contribution in [3.05, 3.63) is 0 Å². The van der Waals surface area contributed by atoms with E-state index >= 15 is 0 Å². The van der Waals surface area contributed by atoms with Crippen LogP contribution < -0.4 is 16.4 Å². The number of nitrogens with one attached hydrogen (secondary N) is 2. The molecule has 1 fully saturated rings. The summed E-state index contributed by atoms with van der Waals surface area (Å²) in [5, 5.41) is 6.04. The normalized spacial score (nSPS) is 23.6. The molecule has 1 aliphatic rings. The zero-order valence-electron chi connectivity index (χ0n) is 10.3. The molecule has 1 aliphatic heterocycles. The molecular formula is C11H21N3O3. The average Bonchev–Trinajstić information content (AvgIpc) is 2.77. The van der Waals surface area contributed by atoms with E-state index < -0.39 is 5.91 Å². The molecule has 0 aromatic rings. The molecule has 17 heavy (non-hydrogen) atoms. The quantitative estimate of drug-likeness (QED) is 0.500. The predicted octanol–water partition coefficient (Wildman–Crippen LogP) is -1.01. The molecule has 1 heterocycles. The Morgan fingerprint density at radius 3 is 2.82 bits per heavy atom. The Hall–Kier alpha value is -1.14. The van der Waals surface area contributed by atoms with Crippen LogP contribution in [0, 0.1) is 5.41 Å². The van der Waals surface area contributed by atoms with Gasteiger partial charge >= 0.3 is 0 Å². The fourth-order valence-corrected chi connectivity index (χ4v) is 2.00. The molecule has 0 saturated carbocycles. The van der Waals surface area contributed by atoms with Crippen molar-refractivity contribution in [3.63, 3.8) is 0 Å². The van der Waals surface area contributed by atoms with Crippen molar-refractivity contribution in [2.75, 3.05) is 32.8 Å². The molecule has 0 spiro atoms. The Morgan fingerprint density at radius 1 is 1.53 bits per heavy atom. The summed E-state index contributed by atoms with van der Waals surface area (Å²) < 4.78 is 4.97. The predicted molar refractivity (Wildman–Crippen MR) is 63.2 cm³/mol. The highest BCUT2D eigenvalue weighted by Gasteiger charge is 2.38. The summed E-state index contributed by atoms with van der Waals surface area (Å²) in [5.74, 6) is -0.436. The smallest absolute Gasteiger partial charge is 0.243 e. The molecule has 0 radical (unpaired) electrons. The van der Waals surface area contributed by atoms with Crippen LogP contribution in [0.25, 0.3) is 0 Å². The van der Waals surface area contributed by atoms with Gasteiger partial charge in [-0.1, -0.05) is 6.92 Å². The van der Waals surface area contributed by atoms with Crippen LogP contribution in [0.1, 0.15) is 19.8 Å². The Kier molecular flexibility index (Phi) is 5.37. The van der Waals surface area contributed by atoms with E-state index in [2.05, 4.69) is 10.6 Å². The minimum atomic E-state index is -0.499. The number of amides is 2. The van der Waals surface area contributed by atoms with E-state index in [-0.39, 0.29) is 17.9 Å². The maximum absolute atomic E-state index is 12.0. The van der Waals surface area contributed by atoms with E-state index in [9.17, 15) is 9.59 Å². The largest absolute Gasteiger partial charge is 0.370 e. The molecule has 1 unspecified atom stereocenters. The third kappa shape index (κ3) is 3.98. The van der Waals surface area contributed by atoms with E-state index in [1.54, 1.807) is 0 Å². The molecule has 4 N–H and O–H groups in total. The lowest BCUT2D eigenvalue weighted by atomic mass is 9.83. The molecule has 0 aromatic carbocycles. The van der Waals surface area contributed by atoms with Gasteiger partial charge in [-0.05, 0) is 19.4 Å². The van der Waals surface area contributed by atoms with Crippen LogP contribution in [0.3, 0.4) is 0 Å². The van der Waals surface area contributed by atoms with Crippen molar-refractivity contribution in [3.8, 4) is 0 Å². The maximum Gasteiger partial charge on any atom is 0.243 e. The van der Waals surface area contributed by atoms with Gasteiger partial charge in [0.15, 0.2) is 0 Å². The van der Waals surface area contributed by atoms with Gasteiger partial charge in [0.25, 0.3) is 0 Å². The monoisotopic (exact) mass is 243 g/mol. The number of rotatable bonds is 7. The number of carbonyl (C=O) groups excluding carboxylic acids is 2. The van der Waals surface area contributed by atoms with E-state index in [1.165, 1.54) is 0 Å². The number of ether oxygens (including phenoxy) is 1. The third-order valence-corrected chi connectivity index (χ3v) is 3.18. The first kappa shape index (κ1) is 13.9. The Balaban J connectivity index is 2.22. The lowest BCUT2D eigenvalue weighted by Gasteiger charge is -2.25. The highest BCUT2D eigenvalue weighted by molar-refractivity contribution is 5.83. The maximum atomic E-state index is 12.0. The van der Waals surface area contributed by atoms with E-state index in [4.69, 9.17) is 10.5 Å². The lowest BCUT2D eigenvalue weighted by Crippen LogP contribution is -2.43. The van der Waals surface area contributed by atoms with Crippen molar-refractivity contribution in [2.24, 2.45) is 11.1 Å². The lowest BCUT2D eigenvalue weighted by molar-refractivity contribution is -0.130. The van der Waals surface area contributed by atoms with Crippen molar-refractivity contribution < 1.29 is 14.3 Å². The molecule has 1 saturated heterocycles. The van der Waals surface area contributed by atoms with E-state index in [0.717, 1.165) is 25.9 Å². The van der Waals surface area contributed by atoms with Gasteiger partial charge in [0.05, 0.1) is 12.0 Å². The molecular weight excluding hydrogens is 222 g/mol. The van der Waals surface area contributed by atoms with Gasteiger partial charge in [-0.25, -0.2) is 0 Å². The minimum absolute atomic E-state index is 0.0627. The molecule has 0 aliphatic carbocycles. The summed E-state index contributed by atoms with van der Waals surface area (Å²) in [7, 11) is 0. The van der Waals surface area contributed by atoms with Crippen LogP contribution in [0.15, 0.2) is 0 Å². The topological polar surface area (TPSA) is 93.4 Å². The molecule has 0 aromatic heterocycles. The van der Waals surface area contributed by atoms with Crippen LogP contribution in [-0.2, 0) is 14.3 Å². The van der Waals surface area contributed by atoms with Gasteiger partial charge in [0.2, 0.25) is 11.8 Å². The van der Waals surface area contributed by atoms with E-state index in [1.807, 2.05) is 6.92 Å². The van der Waals surface area contributed by atoms with Crippen LogP contribution in [0.5, 0.6) is 0 Å². The summed E-state index contributed by atoms with van der Waals surface area (Å²) in [6.45, 7) is 4.26. The molecule has 1 rings (SSSR count). The second kappa shape index (κ2) is 6.56. The second-order valence-corrected chi connectivity index (χ2v) is 4.34. The summed E-state index contributed by atoms with van der Waals surface area (Å²) in [6.07, 6.45) is 1.70. The first-order valence-corrected chi connectivity index (χ1v) is 5.96. The number of nitrogens with two attached hydrogens (primary N) is 1. The first-order chi connectivity index (χ1) is 8.10. The number of carbonyl (C=O) groups is 2. The molecule has 0 bridgehead atoms. The Morgan fingerprint density at radius 2 is 2.29 bits per heavy atom. The fraction of sp³-hybridized carbons (Fsp3) is 0.818. The van der Waals surface area contributed by atoms with Crippen LogP contribution in [0.4, 0.5) is 0 Å². The Labute approximate surface area is 101 Å². The number of primary amides is 1. The number of hydrogen-bond acceptors (Lipinski definition) is 4. The molecule has 1 atom stereocenters. The minimum Gasteiger partial charge on any atom is -0.370 e. The highest BCUT2D eigenvalue weighted by Crippen LogP contribution is 2.29. The zero-order chi connectivity index (χ0) is 12.7. The molecule has 6 heteroatoms. The summed E-state index contributed by atoms with van der Waals surface area (Å²) in [5.41, 5.74) is 4.64. The fourth-order valence-electron chi connectivity index (χ4n) is 2.00. The number of hydrogen-bond donors (Lipinski definition) is 3. The van der Waals surface area contributed by atoms with Gasteiger partial charge < -0.3 is 21.1 Å².